The van der Waals surface area contributed by atoms with E-state index in [1.807, 2.05) is 6.92 Å². The average molecular weight is 558 g/mol. The van der Waals surface area contributed by atoms with Crippen LogP contribution in [-0.4, -0.2) is 23.7 Å². The molecule has 0 saturated carbocycles. The highest BCUT2D eigenvalue weighted by atomic mass is 79.9. The molecule has 0 aliphatic heterocycles. The maximum atomic E-state index is 12.2. The van der Waals surface area contributed by atoms with Gasteiger partial charge in [-0.25, -0.2) is 10.4 Å². The van der Waals surface area contributed by atoms with E-state index in [0.29, 0.717) is 38.2 Å². The maximum Gasteiger partial charge on any atom is 0.274 e. The fourth-order valence-corrected chi connectivity index (χ4v) is 3.88. The third kappa shape index (κ3) is 6.36. The van der Waals surface area contributed by atoms with Crippen LogP contribution in [0.4, 0.5) is 0 Å². The molecular formula is C22H17BrCl3N3O3. The molecular weight excluding hydrogens is 541 g/mol. The summed E-state index contributed by atoms with van der Waals surface area (Å²) in [6.07, 6.45) is 2.98. The molecule has 0 spiro atoms. The number of hydrogen-bond donors (Lipinski definition) is 1. The van der Waals surface area contributed by atoms with Gasteiger partial charge in [-0.05, 0) is 64.8 Å². The third-order valence-corrected chi connectivity index (χ3v) is 5.58. The zero-order valence-corrected chi connectivity index (χ0v) is 20.6. The second-order valence-electron chi connectivity index (χ2n) is 6.33. The van der Waals surface area contributed by atoms with Crippen molar-refractivity contribution in [1.82, 2.24) is 10.4 Å². The van der Waals surface area contributed by atoms with Crippen LogP contribution in [0.5, 0.6) is 11.5 Å². The highest BCUT2D eigenvalue weighted by Crippen LogP contribution is 2.37. The molecule has 0 radical (unpaired) electrons. The minimum absolute atomic E-state index is 0.101. The molecule has 166 valence electrons. The lowest BCUT2D eigenvalue weighted by molar-refractivity contribution is 0.0955. The van der Waals surface area contributed by atoms with Crippen molar-refractivity contribution in [2.45, 2.75) is 13.5 Å². The molecule has 0 fully saturated rings. The summed E-state index contributed by atoms with van der Waals surface area (Å²) >= 11 is 21.6. The number of carbonyl (C=O) groups excluding carboxylic acids is 1. The summed E-state index contributed by atoms with van der Waals surface area (Å²) in [6, 6.07) is 11.9. The van der Waals surface area contributed by atoms with E-state index >= 15 is 0 Å². The van der Waals surface area contributed by atoms with Crippen molar-refractivity contribution < 1.29 is 14.3 Å². The van der Waals surface area contributed by atoms with Gasteiger partial charge in [0.15, 0.2) is 11.5 Å². The van der Waals surface area contributed by atoms with Gasteiger partial charge in [0.2, 0.25) is 0 Å². The fourth-order valence-electron chi connectivity index (χ4n) is 2.64. The summed E-state index contributed by atoms with van der Waals surface area (Å²) < 4.78 is 12.3. The Balaban J connectivity index is 1.75. The Labute approximate surface area is 208 Å². The molecule has 0 bridgehead atoms. The summed E-state index contributed by atoms with van der Waals surface area (Å²) in [5.41, 5.74) is 4.11. The molecule has 0 atom stereocenters. The molecule has 0 saturated heterocycles. The Kier molecular flexibility index (Phi) is 8.75. The van der Waals surface area contributed by atoms with Gasteiger partial charge >= 0.3 is 0 Å². The highest BCUT2D eigenvalue weighted by Gasteiger charge is 2.14. The van der Waals surface area contributed by atoms with E-state index in [-0.39, 0.29) is 17.3 Å². The molecule has 10 heteroatoms. The normalized spacial score (nSPS) is 10.9. The monoisotopic (exact) mass is 555 g/mol. The summed E-state index contributed by atoms with van der Waals surface area (Å²) in [4.78, 5) is 16.1. The first kappa shape index (κ1) is 24.3. The van der Waals surface area contributed by atoms with E-state index in [1.54, 1.807) is 42.5 Å². The minimum Gasteiger partial charge on any atom is -0.490 e. The number of benzene rings is 2. The van der Waals surface area contributed by atoms with E-state index in [0.717, 1.165) is 5.56 Å². The van der Waals surface area contributed by atoms with Crippen molar-refractivity contribution in [3.05, 3.63) is 85.0 Å². The van der Waals surface area contributed by atoms with Crippen molar-refractivity contribution >= 4 is 62.9 Å². The number of aromatic nitrogens is 1. The molecule has 1 heterocycles. The van der Waals surface area contributed by atoms with Gasteiger partial charge in [-0.3, -0.25) is 4.79 Å². The van der Waals surface area contributed by atoms with E-state index in [1.165, 1.54) is 12.4 Å². The predicted molar refractivity (Wildman–Crippen MR) is 130 cm³/mol. The number of halogens is 4. The van der Waals surface area contributed by atoms with Gasteiger partial charge in [0, 0.05) is 21.8 Å². The number of hydrogen-bond acceptors (Lipinski definition) is 5. The molecule has 1 N–H and O–H groups in total. The van der Waals surface area contributed by atoms with Gasteiger partial charge in [0.05, 0.1) is 22.9 Å². The summed E-state index contributed by atoms with van der Waals surface area (Å²) in [5.74, 6) is 0.555. The second kappa shape index (κ2) is 11.5. The average Bonchev–Trinajstić information content (AvgIpc) is 2.75. The number of nitrogens with one attached hydrogen (secondary N) is 1. The molecule has 0 aliphatic carbocycles. The largest absolute Gasteiger partial charge is 0.490 e. The summed E-state index contributed by atoms with van der Waals surface area (Å²) in [7, 11) is 0. The Morgan fingerprint density at radius 1 is 1.19 bits per heavy atom. The van der Waals surface area contributed by atoms with Crippen molar-refractivity contribution in [3.63, 3.8) is 0 Å². The van der Waals surface area contributed by atoms with E-state index in [4.69, 9.17) is 44.3 Å². The zero-order valence-electron chi connectivity index (χ0n) is 16.7. The molecule has 1 amide bonds. The van der Waals surface area contributed by atoms with Crippen LogP contribution in [0.1, 0.15) is 28.4 Å². The number of ether oxygens (including phenoxy) is 2. The van der Waals surface area contributed by atoms with Crippen LogP contribution in [0.2, 0.25) is 15.2 Å². The predicted octanol–water partition coefficient (Wildman–Crippen LogP) is 6.55. The van der Waals surface area contributed by atoms with E-state index in [2.05, 4.69) is 31.4 Å². The molecule has 32 heavy (non-hydrogen) atoms. The Morgan fingerprint density at radius 3 is 2.72 bits per heavy atom. The SMILES string of the molecule is CCOc1cc(C=NNC(=O)c2cccnc2Cl)cc(Br)c1OCc1ccc(Cl)cc1Cl. The molecule has 0 unspecified atom stereocenters. The molecule has 0 aliphatic rings. The lowest BCUT2D eigenvalue weighted by Gasteiger charge is -2.15. The van der Waals surface area contributed by atoms with Gasteiger partial charge in [0.1, 0.15) is 11.8 Å². The number of rotatable bonds is 8. The number of nitrogens with zero attached hydrogens (tertiary/aromatic N) is 2. The Bertz CT molecular complexity index is 1160. The fraction of sp³-hybridized carbons (Fsp3) is 0.136. The third-order valence-electron chi connectivity index (χ3n) is 4.10. The Hall–Kier alpha value is -2.32. The molecule has 1 aromatic heterocycles. The summed E-state index contributed by atoms with van der Waals surface area (Å²) in [6.45, 7) is 2.53. The Morgan fingerprint density at radius 2 is 2.00 bits per heavy atom. The first-order chi connectivity index (χ1) is 15.4. The van der Waals surface area contributed by atoms with Crippen LogP contribution in [-0.2, 0) is 6.61 Å². The van der Waals surface area contributed by atoms with Crippen LogP contribution in [0.3, 0.4) is 0 Å². The minimum atomic E-state index is -0.469. The van der Waals surface area contributed by atoms with E-state index in [9.17, 15) is 4.79 Å². The number of pyridine rings is 1. The standard InChI is InChI=1S/C22H17BrCl3N3O3/c1-2-31-19-9-13(11-28-29-22(30)16-4-3-7-27-21(16)26)8-17(23)20(19)32-12-14-5-6-15(24)10-18(14)25/h3-11H,2,12H2,1H3,(H,29,30). The first-order valence-electron chi connectivity index (χ1n) is 9.36. The van der Waals surface area contributed by atoms with Gasteiger partial charge < -0.3 is 9.47 Å². The topological polar surface area (TPSA) is 72.8 Å². The molecule has 6 nitrogen and oxygen atoms in total. The maximum absolute atomic E-state index is 12.2. The molecule has 2 aromatic carbocycles. The van der Waals surface area contributed by atoms with Crippen LogP contribution in [0.25, 0.3) is 0 Å². The van der Waals surface area contributed by atoms with Crippen molar-refractivity contribution in [3.8, 4) is 11.5 Å². The number of hydrazone groups is 1. The van der Waals surface area contributed by atoms with Crippen LogP contribution >= 0.6 is 50.7 Å². The van der Waals surface area contributed by atoms with Gasteiger partial charge in [0.25, 0.3) is 5.91 Å². The second-order valence-corrected chi connectivity index (χ2v) is 8.38. The van der Waals surface area contributed by atoms with Crippen molar-refractivity contribution in [2.24, 2.45) is 5.10 Å². The number of amides is 1. The summed E-state index contributed by atoms with van der Waals surface area (Å²) in [5, 5.41) is 5.15. The quantitative estimate of drug-likeness (QED) is 0.194. The van der Waals surface area contributed by atoms with Crippen molar-refractivity contribution in [2.75, 3.05) is 6.61 Å². The first-order valence-corrected chi connectivity index (χ1v) is 11.3. The zero-order chi connectivity index (χ0) is 23.1. The van der Waals surface area contributed by atoms with E-state index < -0.39 is 5.91 Å². The van der Waals surface area contributed by atoms with Crippen LogP contribution in [0, 0.1) is 0 Å². The van der Waals surface area contributed by atoms with Crippen LogP contribution < -0.4 is 14.9 Å². The molecule has 3 aromatic rings. The van der Waals surface area contributed by atoms with Gasteiger partial charge in [-0.15, -0.1) is 0 Å². The highest BCUT2D eigenvalue weighted by molar-refractivity contribution is 9.10. The lowest BCUT2D eigenvalue weighted by atomic mass is 10.2. The van der Waals surface area contributed by atoms with Crippen molar-refractivity contribution in [1.29, 1.82) is 0 Å². The van der Waals surface area contributed by atoms with Crippen LogP contribution in [0.15, 0.2) is 58.2 Å². The van der Waals surface area contributed by atoms with Gasteiger partial charge in [-0.2, -0.15) is 5.10 Å². The number of carbonyl (C=O) groups is 1. The lowest BCUT2D eigenvalue weighted by Crippen LogP contribution is -2.18. The molecule has 3 rings (SSSR count). The van der Waals surface area contributed by atoms with Gasteiger partial charge in [-0.1, -0.05) is 40.9 Å². The smallest absolute Gasteiger partial charge is 0.274 e.